The first-order chi connectivity index (χ1) is 11.7. The Morgan fingerprint density at radius 2 is 1.83 bits per heavy atom. The number of benzene rings is 2. The van der Waals surface area contributed by atoms with Crippen molar-refractivity contribution in [2.45, 2.75) is 13.1 Å². The lowest BCUT2D eigenvalue weighted by molar-refractivity contribution is 0.0342. The molecular formula is C19H21ClN2O2. The number of amides is 1. The Balaban J connectivity index is 1.57. The van der Waals surface area contributed by atoms with Gasteiger partial charge >= 0.3 is 0 Å². The van der Waals surface area contributed by atoms with Crippen molar-refractivity contribution in [3.05, 3.63) is 70.2 Å². The van der Waals surface area contributed by atoms with E-state index in [0.29, 0.717) is 17.1 Å². The molecular weight excluding hydrogens is 324 g/mol. The highest BCUT2D eigenvalue weighted by molar-refractivity contribution is 6.30. The SMILES string of the molecule is O=C(NCc1cccc(CN2CCOCC2)c1)c1cccc(Cl)c1. The zero-order chi connectivity index (χ0) is 16.8. The average molecular weight is 345 g/mol. The van der Waals surface area contributed by atoms with Crippen LogP contribution in [0.1, 0.15) is 21.5 Å². The molecule has 24 heavy (non-hydrogen) atoms. The molecule has 0 bridgehead atoms. The third kappa shape index (κ3) is 4.81. The lowest BCUT2D eigenvalue weighted by Crippen LogP contribution is -2.35. The molecule has 1 aliphatic heterocycles. The first-order valence-corrected chi connectivity index (χ1v) is 8.50. The van der Waals surface area contributed by atoms with Crippen LogP contribution in [0.15, 0.2) is 48.5 Å². The maximum Gasteiger partial charge on any atom is 0.251 e. The number of hydrogen-bond acceptors (Lipinski definition) is 3. The summed E-state index contributed by atoms with van der Waals surface area (Å²) >= 11 is 5.93. The summed E-state index contributed by atoms with van der Waals surface area (Å²) in [5.41, 5.74) is 2.93. The van der Waals surface area contributed by atoms with E-state index in [1.54, 1.807) is 24.3 Å². The van der Waals surface area contributed by atoms with Crippen molar-refractivity contribution in [3.8, 4) is 0 Å². The molecule has 1 saturated heterocycles. The molecule has 2 aromatic carbocycles. The molecule has 0 aliphatic carbocycles. The van der Waals surface area contributed by atoms with E-state index in [0.717, 1.165) is 38.4 Å². The Morgan fingerprint density at radius 3 is 2.62 bits per heavy atom. The zero-order valence-corrected chi connectivity index (χ0v) is 14.3. The summed E-state index contributed by atoms with van der Waals surface area (Å²) in [6.07, 6.45) is 0. The lowest BCUT2D eigenvalue weighted by Gasteiger charge is -2.26. The van der Waals surface area contributed by atoms with Gasteiger partial charge in [0.15, 0.2) is 0 Å². The highest BCUT2D eigenvalue weighted by Crippen LogP contribution is 2.12. The van der Waals surface area contributed by atoms with E-state index in [2.05, 4.69) is 22.3 Å². The van der Waals surface area contributed by atoms with Crippen LogP contribution in [0, 0.1) is 0 Å². The smallest absolute Gasteiger partial charge is 0.251 e. The second-order valence-corrected chi connectivity index (χ2v) is 6.34. The molecule has 1 heterocycles. The van der Waals surface area contributed by atoms with E-state index >= 15 is 0 Å². The quantitative estimate of drug-likeness (QED) is 0.906. The van der Waals surface area contributed by atoms with Crippen LogP contribution in [0.5, 0.6) is 0 Å². The Labute approximate surface area is 147 Å². The summed E-state index contributed by atoms with van der Waals surface area (Å²) in [6.45, 7) is 4.96. The molecule has 126 valence electrons. The molecule has 5 heteroatoms. The van der Waals surface area contributed by atoms with E-state index < -0.39 is 0 Å². The van der Waals surface area contributed by atoms with Gasteiger partial charge in [-0.15, -0.1) is 0 Å². The third-order valence-corrected chi connectivity index (χ3v) is 4.28. The number of rotatable bonds is 5. The monoisotopic (exact) mass is 344 g/mol. The second-order valence-electron chi connectivity index (χ2n) is 5.90. The van der Waals surface area contributed by atoms with Crippen LogP contribution in [0.25, 0.3) is 0 Å². The molecule has 0 unspecified atom stereocenters. The van der Waals surface area contributed by atoms with Crippen molar-refractivity contribution in [2.24, 2.45) is 0 Å². The fourth-order valence-electron chi connectivity index (χ4n) is 2.77. The minimum atomic E-state index is -0.115. The van der Waals surface area contributed by atoms with Gasteiger partial charge in [-0.3, -0.25) is 9.69 Å². The lowest BCUT2D eigenvalue weighted by atomic mass is 10.1. The fourth-order valence-corrected chi connectivity index (χ4v) is 2.96. The van der Waals surface area contributed by atoms with Crippen LogP contribution in [0.3, 0.4) is 0 Å². The van der Waals surface area contributed by atoms with Crippen molar-refractivity contribution in [2.75, 3.05) is 26.3 Å². The molecule has 1 amide bonds. The molecule has 0 radical (unpaired) electrons. The van der Waals surface area contributed by atoms with Gasteiger partial charge in [0.25, 0.3) is 5.91 Å². The van der Waals surface area contributed by atoms with Crippen molar-refractivity contribution >= 4 is 17.5 Å². The van der Waals surface area contributed by atoms with E-state index in [-0.39, 0.29) is 5.91 Å². The van der Waals surface area contributed by atoms with Crippen LogP contribution in [-0.4, -0.2) is 37.1 Å². The van der Waals surface area contributed by atoms with Crippen LogP contribution >= 0.6 is 11.6 Å². The van der Waals surface area contributed by atoms with Crippen LogP contribution in [0.2, 0.25) is 5.02 Å². The molecule has 3 rings (SSSR count). The molecule has 0 saturated carbocycles. The Hall–Kier alpha value is -1.88. The minimum absolute atomic E-state index is 0.115. The summed E-state index contributed by atoms with van der Waals surface area (Å²) < 4.78 is 5.38. The van der Waals surface area contributed by atoms with Crippen molar-refractivity contribution in [1.29, 1.82) is 0 Å². The highest BCUT2D eigenvalue weighted by atomic mass is 35.5. The standard InChI is InChI=1S/C19H21ClN2O2/c20-18-6-2-5-17(12-18)19(23)21-13-15-3-1-4-16(11-15)14-22-7-9-24-10-8-22/h1-6,11-12H,7-10,13-14H2,(H,21,23). The zero-order valence-electron chi connectivity index (χ0n) is 13.5. The van der Waals surface area contributed by atoms with Gasteiger partial charge in [-0.05, 0) is 29.3 Å². The Kier molecular flexibility index (Phi) is 5.86. The Bertz CT molecular complexity index is 699. The Morgan fingerprint density at radius 1 is 1.08 bits per heavy atom. The van der Waals surface area contributed by atoms with Crippen LogP contribution in [0.4, 0.5) is 0 Å². The van der Waals surface area contributed by atoms with Gasteiger partial charge in [0.1, 0.15) is 0 Å². The van der Waals surface area contributed by atoms with Gasteiger partial charge < -0.3 is 10.1 Å². The van der Waals surface area contributed by atoms with E-state index in [1.165, 1.54) is 5.56 Å². The largest absolute Gasteiger partial charge is 0.379 e. The van der Waals surface area contributed by atoms with Crippen LogP contribution in [-0.2, 0) is 17.8 Å². The highest BCUT2D eigenvalue weighted by Gasteiger charge is 2.11. The molecule has 0 atom stereocenters. The number of hydrogen-bond donors (Lipinski definition) is 1. The first-order valence-electron chi connectivity index (χ1n) is 8.12. The third-order valence-electron chi connectivity index (χ3n) is 4.04. The predicted molar refractivity (Wildman–Crippen MR) is 95.2 cm³/mol. The predicted octanol–water partition coefficient (Wildman–Crippen LogP) is 3.10. The number of morpholine rings is 1. The normalized spacial score (nSPS) is 15.2. The summed E-state index contributed by atoms with van der Waals surface area (Å²) in [4.78, 5) is 14.6. The minimum Gasteiger partial charge on any atom is -0.379 e. The summed E-state index contributed by atoms with van der Waals surface area (Å²) in [5, 5.41) is 3.51. The summed E-state index contributed by atoms with van der Waals surface area (Å²) in [7, 11) is 0. The van der Waals surface area contributed by atoms with Gasteiger partial charge in [-0.25, -0.2) is 0 Å². The van der Waals surface area contributed by atoms with E-state index in [9.17, 15) is 4.79 Å². The van der Waals surface area contributed by atoms with Gasteiger partial charge in [0.2, 0.25) is 0 Å². The molecule has 4 nitrogen and oxygen atoms in total. The molecule has 1 N–H and O–H groups in total. The average Bonchev–Trinajstić information content (AvgIpc) is 2.61. The van der Waals surface area contributed by atoms with Crippen molar-refractivity contribution < 1.29 is 9.53 Å². The molecule has 1 fully saturated rings. The number of halogens is 1. The number of nitrogens with one attached hydrogen (secondary N) is 1. The number of nitrogens with zero attached hydrogens (tertiary/aromatic N) is 1. The van der Waals surface area contributed by atoms with Crippen molar-refractivity contribution in [1.82, 2.24) is 10.2 Å². The van der Waals surface area contributed by atoms with Gasteiger partial charge in [-0.2, -0.15) is 0 Å². The maximum absolute atomic E-state index is 12.2. The number of carbonyl (C=O) groups is 1. The van der Waals surface area contributed by atoms with Crippen LogP contribution < -0.4 is 5.32 Å². The van der Waals surface area contributed by atoms with E-state index in [1.807, 2.05) is 12.1 Å². The first kappa shape index (κ1) is 17.0. The van der Waals surface area contributed by atoms with E-state index in [4.69, 9.17) is 16.3 Å². The van der Waals surface area contributed by atoms with Gasteiger partial charge in [-0.1, -0.05) is 41.9 Å². The maximum atomic E-state index is 12.2. The number of carbonyl (C=O) groups excluding carboxylic acids is 1. The number of ether oxygens (including phenoxy) is 1. The fraction of sp³-hybridized carbons (Fsp3) is 0.316. The van der Waals surface area contributed by atoms with Gasteiger partial charge in [0.05, 0.1) is 13.2 Å². The van der Waals surface area contributed by atoms with Crippen molar-refractivity contribution in [3.63, 3.8) is 0 Å². The molecule has 1 aliphatic rings. The molecule has 0 spiro atoms. The molecule has 0 aromatic heterocycles. The summed E-state index contributed by atoms with van der Waals surface area (Å²) in [5.74, 6) is -0.115. The topological polar surface area (TPSA) is 41.6 Å². The molecule has 2 aromatic rings. The second kappa shape index (κ2) is 8.29. The van der Waals surface area contributed by atoms with Gasteiger partial charge in [0, 0.05) is 36.8 Å². The summed E-state index contributed by atoms with van der Waals surface area (Å²) in [6, 6.07) is 15.3.